The molecule has 0 saturated carbocycles. The number of rotatable bonds is 5. The minimum absolute atomic E-state index is 0.307. The molecule has 5 atom stereocenters. The van der Waals surface area contributed by atoms with Crippen molar-refractivity contribution >= 4 is 12.0 Å². The third-order valence-corrected chi connectivity index (χ3v) is 3.40. The van der Waals surface area contributed by atoms with Gasteiger partial charge in [0.05, 0.1) is 6.61 Å². The average molecular weight is 326 g/mol. The summed E-state index contributed by atoms with van der Waals surface area (Å²) in [6.07, 6.45) is -4.35. The first kappa shape index (κ1) is 17.4. The van der Waals surface area contributed by atoms with Crippen LogP contribution in [-0.2, 0) is 9.53 Å². The molecule has 0 amide bonds. The Kier molecular flexibility index (Phi) is 5.69. The molecule has 0 bridgehead atoms. The van der Waals surface area contributed by atoms with Gasteiger partial charge in [0.1, 0.15) is 30.2 Å². The Morgan fingerprint density at radius 2 is 1.78 bits per heavy atom. The summed E-state index contributed by atoms with van der Waals surface area (Å²) in [7, 11) is 0. The van der Waals surface area contributed by atoms with Crippen molar-refractivity contribution in [2.45, 2.75) is 30.7 Å². The lowest BCUT2D eigenvalue weighted by atomic mass is 9.99. The highest BCUT2D eigenvalue weighted by atomic mass is 16.7. The van der Waals surface area contributed by atoms with Crippen LogP contribution in [-0.4, -0.2) is 68.8 Å². The Balaban J connectivity index is 2.04. The molecule has 0 spiro atoms. The van der Waals surface area contributed by atoms with Gasteiger partial charge < -0.3 is 35.0 Å². The van der Waals surface area contributed by atoms with Crippen molar-refractivity contribution in [3.05, 3.63) is 35.9 Å². The first-order chi connectivity index (χ1) is 10.9. The SMILES string of the molecule is O=C(O)C=Cc1ccc(OC2OC(CO)C(O)C(O)C2O)cc1. The predicted octanol–water partition coefficient (Wildman–Crippen LogP) is -1.04. The molecule has 1 heterocycles. The van der Waals surface area contributed by atoms with Crippen LogP contribution in [0.1, 0.15) is 5.56 Å². The van der Waals surface area contributed by atoms with Gasteiger partial charge in [-0.1, -0.05) is 12.1 Å². The van der Waals surface area contributed by atoms with E-state index in [0.717, 1.165) is 6.08 Å². The van der Waals surface area contributed by atoms with E-state index in [2.05, 4.69) is 0 Å². The van der Waals surface area contributed by atoms with Crippen molar-refractivity contribution in [2.75, 3.05) is 6.61 Å². The smallest absolute Gasteiger partial charge is 0.328 e. The Morgan fingerprint density at radius 3 is 2.35 bits per heavy atom. The molecule has 126 valence electrons. The third-order valence-electron chi connectivity index (χ3n) is 3.40. The van der Waals surface area contributed by atoms with E-state index in [4.69, 9.17) is 19.7 Å². The fourth-order valence-corrected chi connectivity index (χ4v) is 2.12. The second kappa shape index (κ2) is 7.53. The molecule has 1 saturated heterocycles. The summed E-state index contributed by atoms with van der Waals surface area (Å²) < 4.78 is 10.6. The van der Waals surface area contributed by atoms with E-state index in [-0.39, 0.29) is 0 Å². The average Bonchev–Trinajstić information content (AvgIpc) is 2.54. The summed E-state index contributed by atoms with van der Waals surface area (Å²) in [4.78, 5) is 10.4. The molecular weight excluding hydrogens is 308 g/mol. The normalized spacial score (nSPS) is 31.2. The largest absolute Gasteiger partial charge is 0.478 e. The molecule has 0 radical (unpaired) electrons. The number of aliphatic hydroxyl groups excluding tert-OH is 4. The summed E-state index contributed by atoms with van der Waals surface area (Å²) in [5.74, 6) is -0.756. The number of carboxylic acid groups (broad SMARTS) is 1. The van der Waals surface area contributed by atoms with Crippen LogP contribution in [0, 0.1) is 0 Å². The van der Waals surface area contributed by atoms with Crippen LogP contribution in [0.3, 0.4) is 0 Å². The number of ether oxygens (including phenoxy) is 2. The van der Waals surface area contributed by atoms with Gasteiger partial charge in [-0.25, -0.2) is 4.79 Å². The maximum atomic E-state index is 10.4. The molecular formula is C15H18O8. The van der Waals surface area contributed by atoms with Crippen LogP contribution in [0.15, 0.2) is 30.3 Å². The highest BCUT2D eigenvalue weighted by molar-refractivity contribution is 5.85. The molecule has 0 aromatic heterocycles. The van der Waals surface area contributed by atoms with E-state index in [0.29, 0.717) is 11.3 Å². The fraction of sp³-hybridized carbons (Fsp3) is 0.400. The zero-order valence-electron chi connectivity index (χ0n) is 12.0. The number of hydrogen-bond acceptors (Lipinski definition) is 7. The van der Waals surface area contributed by atoms with Crippen molar-refractivity contribution in [3.8, 4) is 5.75 Å². The molecule has 2 rings (SSSR count). The summed E-state index contributed by atoms with van der Waals surface area (Å²) in [6.45, 7) is -0.538. The van der Waals surface area contributed by atoms with Crippen LogP contribution in [0.2, 0.25) is 0 Å². The molecule has 1 aliphatic rings. The zero-order valence-corrected chi connectivity index (χ0v) is 12.0. The molecule has 5 unspecified atom stereocenters. The fourth-order valence-electron chi connectivity index (χ4n) is 2.12. The number of benzene rings is 1. The van der Waals surface area contributed by atoms with E-state index in [1.54, 1.807) is 12.1 Å². The van der Waals surface area contributed by atoms with E-state index in [1.807, 2.05) is 0 Å². The molecule has 1 aliphatic heterocycles. The lowest BCUT2D eigenvalue weighted by Gasteiger charge is -2.39. The maximum absolute atomic E-state index is 10.4. The number of hydrogen-bond donors (Lipinski definition) is 5. The summed E-state index contributed by atoms with van der Waals surface area (Å²) in [5, 5.41) is 46.9. The number of aliphatic carboxylic acids is 1. The van der Waals surface area contributed by atoms with E-state index in [9.17, 15) is 20.1 Å². The quantitative estimate of drug-likeness (QED) is 0.433. The van der Waals surface area contributed by atoms with Gasteiger partial charge in [-0.15, -0.1) is 0 Å². The van der Waals surface area contributed by atoms with Gasteiger partial charge in [0.15, 0.2) is 0 Å². The highest BCUT2D eigenvalue weighted by Crippen LogP contribution is 2.24. The first-order valence-electron chi connectivity index (χ1n) is 6.90. The molecule has 23 heavy (non-hydrogen) atoms. The van der Waals surface area contributed by atoms with E-state index in [1.165, 1.54) is 18.2 Å². The summed E-state index contributed by atoms with van der Waals surface area (Å²) >= 11 is 0. The van der Waals surface area contributed by atoms with E-state index >= 15 is 0 Å². The minimum Gasteiger partial charge on any atom is -0.478 e. The van der Waals surface area contributed by atoms with Gasteiger partial charge in [0, 0.05) is 6.08 Å². The van der Waals surface area contributed by atoms with Gasteiger partial charge in [0.25, 0.3) is 0 Å². The first-order valence-corrected chi connectivity index (χ1v) is 6.90. The van der Waals surface area contributed by atoms with Gasteiger partial charge in [-0.3, -0.25) is 0 Å². The minimum atomic E-state index is -1.51. The maximum Gasteiger partial charge on any atom is 0.328 e. The van der Waals surface area contributed by atoms with Crippen molar-refractivity contribution < 1.29 is 39.8 Å². The summed E-state index contributed by atoms with van der Waals surface area (Å²) in [6, 6.07) is 6.25. The van der Waals surface area contributed by atoms with Gasteiger partial charge in [-0.05, 0) is 23.8 Å². The summed E-state index contributed by atoms with van der Waals surface area (Å²) in [5.41, 5.74) is 0.633. The zero-order chi connectivity index (χ0) is 17.0. The number of aliphatic hydroxyl groups is 4. The number of carbonyl (C=O) groups is 1. The van der Waals surface area contributed by atoms with Gasteiger partial charge in [0.2, 0.25) is 6.29 Å². The molecule has 1 aromatic carbocycles. The standard InChI is InChI=1S/C15H18O8/c16-7-10-12(19)13(20)14(21)15(23-10)22-9-4-1-8(2-5-9)3-6-11(17)18/h1-6,10,12-16,19-21H,7H2,(H,17,18). The predicted molar refractivity (Wildman–Crippen MR) is 77.5 cm³/mol. The Morgan fingerprint density at radius 1 is 1.13 bits per heavy atom. The lowest BCUT2D eigenvalue weighted by Crippen LogP contribution is -2.60. The van der Waals surface area contributed by atoms with Crippen LogP contribution in [0.25, 0.3) is 6.08 Å². The van der Waals surface area contributed by atoms with Crippen LogP contribution in [0.4, 0.5) is 0 Å². The Hall–Kier alpha value is -1.97. The highest BCUT2D eigenvalue weighted by Gasteiger charge is 2.44. The third kappa shape index (κ3) is 4.27. The van der Waals surface area contributed by atoms with Crippen LogP contribution >= 0.6 is 0 Å². The lowest BCUT2D eigenvalue weighted by molar-refractivity contribution is -0.277. The molecule has 1 fully saturated rings. The van der Waals surface area contributed by atoms with Crippen molar-refractivity contribution in [1.82, 2.24) is 0 Å². The van der Waals surface area contributed by atoms with E-state index < -0.39 is 43.3 Å². The van der Waals surface area contributed by atoms with Crippen molar-refractivity contribution in [1.29, 1.82) is 0 Å². The molecule has 5 N–H and O–H groups in total. The molecule has 8 nitrogen and oxygen atoms in total. The monoisotopic (exact) mass is 326 g/mol. The van der Waals surface area contributed by atoms with Gasteiger partial charge >= 0.3 is 5.97 Å². The second-order valence-corrected chi connectivity index (χ2v) is 5.06. The molecule has 8 heteroatoms. The Bertz CT molecular complexity index is 553. The molecule has 0 aliphatic carbocycles. The van der Waals surface area contributed by atoms with Crippen LogP contribution in [0.5, 0.6) is 5.75 Å². The van der Waals surface area contributed by atoms with Gasteiger partial charge in [-0.2, -0.15) is 0 Å². The molecule has 1 aromatic rings. The van der Waals surface area contributed by atoms with Crippen molar-refractivity contribution in [3.63, 3.8) is 0 Å². The second-order valence-electron chi connectivity index (χ2n) is 5.06. The number of carboxylic acids is 1. The topological polar surface area (TPSA) is 137 Å². The van der Waals surface area contributed by atoms with Crippen molar-refractivity contribution in [2.24, 2.45) is 0 Å². The Labute approximate surface area is 131 Å². The van der Waals surface area contributed by atoms with Crippen LogP contribution < -0.4 is 4.74 Å².